The first-order chi connectivity index (χ1) is 4.79. The molecule has 0 aliphatic heterocycles. The molecule has 1 aromatic rings. The number of hydrogen-bond acceptors (Lipinski definition) is 2. The molecule has 3 nitrogen and oxygen atoms in total. The van der Waals surface area contributed by atoms with Crippen LogP contribution in [0, 0.1) is 6.92 Å². The van der Waals surface area contributed by atoms with Crippen LogP contribution in [0.5, 0.6) is 0 Å². The monoisotopic (exact) mass is 139 g/mol. The maximum atomic E-state index is 5.46. The minimum atomic E-state index is 0.529. The Kier molecular flexibility index (Phi) is 2.06. The van der Waals surface area contributed by atoms with E-state index in [-0.39, 0.29) is 0 Å². The maximum absolute atomic E-state index is 5.46. The molecule has 0 bridgehead atoms. The van der Waals surface area contributed by atoms with Crippen LogP contribution in [0.4, 0.5) is 0 Å². The molecule has 0 amide bonds. The summed E-state index contributed by atoms with van der Waals surface area (Å²) in [6.07, 6.45) is 1.85. The molecule has 0 fully saturated rings. The molecule has 0 unspecified atom stereocenters. The zero-order valence-electron chi connectivity index (χ0n) is 6.46. The Morgan fingerprint density at radius 2 is 2.40 bits per heavy atom. The molecule has 0 spiro atoms. The van der Waals surface area contributed by atoms with Crippen LogP contribution in [0.15, 0.2) is 6.20 Å². The van der Waals surface area contributed by atoms with E-state index in [4.69, 9.17) is 5.73 Å². The first-order valence-electron chi connectivity index (χ1n) is 3.50. The van der Waals surface area contributed by atoms with Gasteiger partial charge in [0.15, 0.2) is 0 Å². The van der Waals surface area contributed by atoms with Crippen molar-refractivity contribution in [2.45, 2.75) is 26.9 Å². The molecular weight excluding hydrogens is 126 g/mol. The van der Waals surface area contributed by atoms with Gasteiger partial charge in [-0.05, 0) is 13.8 Å². The topological polar surface area (TPSA) is 43.8 Å². The Hall–Kier alpha value is -0.830. The third kappa shape index (κ3) is 1.04. The summed E-state index contributed by atoms with van der Waals surface area (Å²) in [7, 11) is 0. The molecule has 0 aliphatic carbocycles. The highest BCUT2D eigenvalue weighted by molar-refractivity contribution is 5.02. The Bertz CT molecular complexity index is 215. The number of aromatic nitrogens is 2. The van der Waals surface area contributed by atoms with Crippen molar-refractivity contribution in [3.8, 4) is 0 Å². The Balaban J connectivity index is 3.01. The van der Waals surface area contributed by atoms with E-state index in [0.29, 0.717) is 6.54 Å². The van der Waals surface area contributed by atoms with Crippen LogP contribution < -0.4 is 5.73 Å². The largest absolute Gasteiger partial charge is 0.332 e. The van der Waals surface area contributed by atoms with Crippen LogP contribution in [0.25, 0.3) is 0 Å². The van der Waals surface area contributed by atoms with E-state index in [0.717, 1.165) is 12.4 Å². The second-order valence-electron chi connectivity index (χ2n) is 2.26. The lowest BCUT2D eigenvalue weighted by molar-refractivity contribution is 0.681. The average Bonchev–Trinajstić information content (AvgIpc) is 2.30. The molecule has 0 saturated heterocycles. The number of nitrogens with zero attached hydrogens (tertiary/aromatic N) is 2. The van der Waals surface area contributed by atoms with Crippen molar-refractivity contribution < 1.29 is 0 Å². The van der Waals surface area contributed by atoms with Crippen LogP contribution >= 0.6 is 0 Å². The first-order valence-corrected chi connectivity index (χ1v) is 3.50. The maximum Gasteiger partial charge on any atom is 0.122 e. The first kappa shape index (κ1) is 7.28. The predicted octanol–water partition coefficient (Wildman–Crippen LogP) is 0.670. The number of aryl methyl sites for hydroxylation is 1. The van der Waals surface area contributed by atoms with Gasteiger partial charge in [0.1, 0.15) is 5.82 Å². The van der Waals surface area contributed by atoms with E-state index >= 15 is 0 Å². The summed E-state index contributed by atoms with van der Waals surface area (Å²) in [6.45, 7) is 5.61. The van der Waals surface area contributed by atoms with Crippen LogP contribution in [0.3, 0.4) is 0 Å². The summed E-state index contributed by atoms with van der Waals surface area (Å²) in [5.41, 5.74) is 6.64. The molecule has 10 heavy (non-hydrogen) atoms. The second-order valence-corrected chi connectivity index (χ2v) is 2.26. The van der Waals surface area contributed by atoms with Gasteiger partial charge in [0, 0.05) is 18.4 Å². The van der Waals surface area contributed by atoms with Gasteiger partial charge in [-0.25, -0.2) is 4.98 Å². The fourth-order valence-corrected chi connectivity index (χ4v) is 1.11. The molecule has 0 atom stereocenters. The minimum Gasteiger partial charge on any atom is -0.332 e. The summed E-state index contributed by atoms with van der Waals surface area (Å²) in [5, 5.41) is 0. The van der Waals surface area contributed by atoms with E-state index in [2.05, 4.69) is 16.5 Å². The SMILES string of the molecule is CCn1c(C)cnc1CN. The van der Waals surface area contributed by atoms with E-state index in [1.54, 1.807) is 0 Å². The van der Waals surface area contributed by atoms with Crippen molar-refractivity contribution in [3.63, 3.8) is 0 Å². The van der Waals surface area contributed by atoms with Crippen molar-refractivity contribution >= 4 is 0 Å². The summed E-state index contributed by atoms with van der Waals surface area (Å²) < 4.78 is 2.11. The zero-order chi connectivity index (χ0) is 7.56. The smallest absolute Gasteiger partial charge is 0.122 e. The third-order valence-corrected chi connectivity index (χ3v) is 1.64. The molecule has 2 N–H and O–H groups in total. The van der Waals surface area contributed by atoms with Crippen molar-refractivity contribution in [1.82, 2.24) is 9.55 Å². The third-order valence-electron chi connectivity index (χ3n) is 1.64. The van der Waals surface area contributed by atoms with Gasteiger partial charge in [0.05, 0.1) is 6.54 Å². The number of nitrogens with two attached hydrogens (primary N) is 1. The molecule has 0 aromatic carbocycles. The lowest BCUT2D eigenvalue weighted by Gasteiger charge is -2.03. The van der Waals surface area contributed by atoms with Gasteiger partial charge in [-0.15, -0.1) is 0 Å². The molecule has 3 heteroatoms. The van der Waals surface area contributed by atoms with Crippen LogP contribution in [-0.4, -0.2) is 9.55 Å². The van der Waals surface area contributed by atoms with Gasteiger partial charge in [0.25, 0.3) is 0 Å². The predicted molar refractivity (Wildman–Crippen MR) is 40.5 cm³/mol. The lowest BCUT2D eigenvalue weighted by atomic mass is 10.5. The van der Waals surface area contributed by atoms with E-state index in [1.165, 1.54) is 5.69 Å². The quantitative estimate of drug-likeness (QED) is 0.654. The number of rotatable bonds is 2. The highest BCUT2D eigenvalue weighted by atomic mass is 15.1. The highest BCUT2D eigenvalue weighted by Gasteiger charge is 2.00. The van der Waals surface area contributed by atoms with E-state index < -0.39 is 0 Å². The Morgan fingerprint density at radius 3 is 2.80 bits per heavy atom. The van der Waals surface area contributed by atoms with Crippen molar-refractivity contribution in [2.24, 2.45) is 5.73 Å². The van der Waals surface area contributed by atoms with E-state index in [9.17, 15) is 0 Å². The highest BCUT2D eigenvalue weighted by Crippen LogP contribution is 2.02. The molecule has 56 valence electrons. The van der Waals surface area contributed by atoms with Crippen molar-refractivity contribution in [2.75, 3.05) is 0 Å². The average molecular weight is 139 g/mol. The Labute approximate surface area is 60.9 Å². The summed E-state index contributed by atoms with van der Waals surface area (Å²) in [6, 6.07) is 0. The summed E-state index contributed by atoms with van der Waals surface area (Å²) >= 11 is 0. The van der Waals surface area contributed by atoms with Crippen LogP contribution in [-0.2, 0) is 13.1 Å². The second kappa shape index (κ2) is 2.84. The van der Waals surface area contributed by atoms with Gasteiger partial charge in [-0.1, -0.05) is 0 Å². The summed E-state index contributed by atoms with van der Waals surface area (Å²) in [5.74, 6) is 0.972. The normalized spacial score (nSPS) is 10.3. The standard InChI is InChI=1S/C7H13N3/c1-3-10-6(2)5-9-7(10)4-8/h5H,3-4,8H2,1-2H3. The summed E-state index contributed by atoms with van der Waals surface area (Å²) in [4.78, 5) is 4.14. The number of imidazole rings is 1. The molecule has 1 rings (SSSR count). The van der Waals surface area contributed by atoms with Gasteiger partial charge in [-0.3, -0.25) is 0 Å². The van der Waals surface area contributed by atoms with Crippen molar-refractivity contribution in [1.29, 1.82) is 0 Å². The lowest BCUT2D eigenvalue weighted by Crippen LogP contribution is -2.08. The fourth-order valence-electron chi connectivity index (χ4n) is 1.11. The fraction of sp³-hybridized carbons (Fsp3) is 0.571. The van der Waals surface area contributed by atoms with Crippen LogP contribution in [0.2, 0.25) is 0 Å². The molecule has 1 heterocycles. The number of hydrogen-bond donors (Lipinski definition) is 1. The van der Waals surface area contributed by atoms with Gasteiger partial charge in [-0.2, -0.15) is 0 Å². The van der Waals surface area contributed by atoms with Gasteiger partial charge < -0.3 is 10.3 Å². The van der Waals surface area contributed by atoms with E-state index in [1.807, 2.05) is 13.1 Å². The van der Waals surface area contributed by atoms with Gasteiger partial charge >= 0.3 is 0 Å². The molecule has 1 aromatic heterocycles. The Morgan fingerprint density at radius 1 is 1.70 bits per heavy atom. The van der Waals surface area contributed by atoms with Crippen molar-refractivity contribution in [3.05, 3.63) is 17.7 Å². The molecule has 0 saturated carbocycles. The van der Waals surface area contributed by atoms with Crippen LogP contribution in [0.1, 0.15) is 18.4 Å². The zero-order valence-corrected chi connectivity index (χ0v) is 6.46. The molecule has 0 radical (unpaired) electrons. The minimum absolute atomic E-state index is 0.529. The van der Waals surface area contributed by atoms with Gasteiger partial charge in [0.2, 0.25) is 0 Å². The molecular formula is C7H13N3. The molecule has 0 aliphatic rings.